The number of hydrogen-bond acceptors (Lipinski definition) is 2. The fourth-order valence-electron chi connectivity index (χ4n) is 1.21. The van der Waals surface area contributed by atoms with Gasteiger partial charge in [-0.15, -0.1) is 0 Å². The van der Waals surface area contributed by atoms with Crippen LogP contribution in [0.15, 0.2) is 12.1 Å². The molecule has 4 heteroatoms. The van der Waals surface area contributed by atoms with Crippen LogP contribution in [0, 0.1) is 12.7 Å². The zero-order chi connectivity index (χ0) is 11.6. The molecule has 1 aromatic carbocycles. The molecule has 3 nitrogen and oxygen atoms in total. The lowest BCUT2D eigenvalue weighted by molar-refractivity contribution is -0.128. The number of anilines is 1. The van der Waals surface area contributed by atoms with Gasteiger partial charge in [0.2, 0.25) is 5.91 Å². The second kappa shape index (κ2) is 4.29. The Morgan fingerprint density at radius 1 is 1.47 bits per heavy atom. The first-order valence-electron chi connectivity index (χ1n) is 4.67. The Bertz CT molecular complexity index is 388. The van der Waals surface area contributed by atoms with Crippen molar-refractivity contribution in [1.82, 2.24) is 4.90 Å². The molecule has 0 spiro atoms. The van der Waals surface area contributed by atoms with Gasteiger partial charge in [-0.2, -0.15) is 0 Å². The fourth-order valence-corrected chi connectivity index (χ4v) is 1.21. The van der Waals surface area contributed by atoms with Crippen molar-refractivity contribution in [1.29, 1.82) is 0 Å². The van der Waals surface area contributed by atoms with Crippen LogP contribution in [0.25, 0.3) is 0 Å². The SMILES string of the molecule is Cc1c(N)ccc(CC(=O)N(C)C)c1F. The summed E-state index contributed by atoms with van der Waals surface area (Å²) in [5, 5.41) is 0. The minimum atomic E-state index is -0.384. The number of benzene rings is 1. The van der Waals surface area contributed by atoms with Crippen molar-refractivity contribution in [2.24, 2.45) is 0 Å². The number of halogens is 1. The van der Waals surface area contributed by atoms with E-state index in [0.717, 1.165) is 0 Å². The highest BCUT2D eigenvalue weighted by atomic mass is 19.1. The zero-order valence-corrected chi connectivity index (χ0v) is 9.17. The quantitative estimate of drug-likeness (QED) is 0.749. The van der Waals surface area contributed by atoms with E-state index in [9.17, 15) is 9.18 Å². The molecule has 0 saturated heterocycles. The maximum atomic E-state index is 13.6. The van der Waals surface area contributed by atoms with Crippen molar-refractivity contribution in [3.05, 3.63) is 29.1 Å². The predicted octanol–water partition coefficient (Wildman–Crippen LogP) is 1.35. The van der Waals surface area contributed by atoms with Gasteiger partial charge in [0.05, 0.1) is 6.42 Å². The molecule has 1 amide bonds. The van der Waals surface area contributed by atoms with Gasteiger partial charge in [0.15, 0.2) is 0 Å². The van der Waals surface area contributed by atoms with E-state index in [4.69, 9.17) is 5.73 Å². The summed E-state index contributed by atoms with van der Waals surface area (Å²) in [7, 11) is 3.29. The van der Waals surface area contributed by atoms with Gasteiger partial charge in [-0.25, -0.2) is 4.39 Å². The van der Waals surface area contributed by atoms with Gasteiger partial charge in [0.1, 0.15) is 5.82 Å². The molecule has 82 valence electrons. The van der Waals surface area contributed by atoms with Crippen molar-refractivity contribution in [3.8, 4) is 0 Å². The van der Waals surface area contributed by atoms with Crippen LogP contribution >= 0.6 is 0 Å². The molecule has 0 aliphatic rings. The van der Waals surface area contributed by atoms with Gasteiger partial charge in [0.25, 0.3) is 0 Å². The molecule has 0 aliphatic heterocycles. The first kappa shape index (κ1) is 11.5. The number of hydrogen-bond donors (Lipinski definition) is 1. The molecule has 1 rings (SSSR count). The average molecular weight is 210 g/mol. The molecular formula is C11H15FN2O. The lowest BCUT2D eigenvalue weighted by Crippen LogP contribution is -2.24. The van der Waals surface area contributed by atoms with Gasteiger partial charge < -0.3 is 10.6 Å². The number of amides is 1. The van der Waals surface area contributed by atoms with Crippen LogP contribution in [0.1, 0.15) is 11.1 Å². The molecule has 15 heavy (non-hydrogen) atoms. The highest BCUT2D eigenvalue weighted by molar-refractivity contribution is 5.78. The third-order valence-corrected chi connectivity index (χ3v) is 2.35. The second-order valence-corrected chi connectivity index (χ2v) is 3.72. The lowest BCUT2D eigenvalue weighted by atomic mass is 10.1. The van der Waals surface area contributed by atoms with Crippen molar-refractivity contribution in [2.75, 3.05) is 19.8 Å². The minimum absolute atomic E-state index is 0.0694. The highest BCUT2D eigenvalue weighted by Gasteiger charge is 2.12. The first-order chi connectivity index (χ1) is 6.93. The fraction of sp³-hybridized carbons (Fsp3) is 0.364. The largest absolute Gasteiger partial charge is 0.398 e. The summed E-state index contributed by atoms with van der Waals surface area (Å²) >= 11 is 0. The third kappa shape index (κ3) is 2.46. The number of likely N-dealkylation sites (N-methyl/N-ethyl adjacent to an activating group) is 1. The molecule has 0 radical (unpaired) electrons. The molecular weight excluding hydrogens is 195 g/mol. The van der Waals surface area contributed by atoms with Gasteiger partial charge in [-0.3, -0.25) is 4.79 Å². The lowest BCUT2D eigenvalue weighted by Gasteiger charge is -2.12. The van der Waals surface area contributed by atoms with Crippen molar-refractivity contribution >= 4 is 11.6 Å². The highest BCUT2D eigenvalue weighted by Crippen LogP contribution is 2.19. The van der Waals surface area contributed by atoms with Crippen molar-refractivity contribution < 1.29 is 9.18 Å². The van der Waals surface area contributed by atoms with Crippen LogP contribution in [0.4, 0.5) is 10.1 Å². The number of carbonyl (C=O) groups is 1. The summed E-state index contributed by atoms with van der Waals surface area (Å²) in [4.78, 5) is 12.8. The number of carbonyl (C=O) groups excluding carboxylic acids is 1. The van der Waals surface area contributed by atoms with Crippen LogP contribution in [-0.2, 0) is 11.2 Å². The Hall–Kier alpha value is -1.58. The van der Waals surface area contributed by atoms with Gasteiger partial charge in [-0.1, -0.05) is 6.07 Å². The molecule has 0 fully saturated rings. The van der Waals surface area contributed by atoms with Crippen LogP contribution in [0.2, 0.25) is 0 Å². The Morgan fingerprint density at radius 2 is 2.07 bits per heavy atom. The summed E-state index contributed by atoms with van der Waals surface area (Å²) in [6.07, 6.45) is 0.0694. The number of rotatable bonds is 2. The minimum Gasteiger partial charge on any atom is -0.398 e. The van der Waals surface area contributed by atoms with E-state index in [1.807, 2.05) is 0 Å². The molecule has 0 aromatic heterocycles. The normalized spacial score (nSPS) is 10.1. The Kier molecular flexibility index (Phi) is 3.29. The van der Waals surface area contributed by atoms with E-state index in [2.05, 4.69) is 0 Å². The smallest absolute Gasteiger partial charge is 0.226 e. The standard InChI is InChI=1S/C11H15FN2O/c1-7-9(13)5-4-8(11(7)12)6-10(15)14(2)3/h4-5H,6,13H2,1-3H3. The molecule has 0 saturated carbocycles. The van der Waals surface area contributed by atoms with E-state index in [1.54, 1.807) is 33.2 Å². The van der Waals surface area contributed by atoms with E-state index >= 15 is 0 Å². The summed E-state index contributed by atoms with van der Waals surface area (Å²) < 4.78 is 13.6. The maximum absolute atomic E-state index is 13.6. The summed E-state index contributed by atoms with van der Waals surface area (Å²) in [6, 6.07) is 3.18. The third-order valence-electron chi connectivity index (χ3n) is 2.35. The van der Waals surface area contributed by atoms with Gasteiger partial charge >= 0.3 is 0 Å². The van der Waals surface area contributed by atoms with E-state index in [0.29, 0.717) is 16.8 Å². The summed E-state index contributed by atoms with van der Waals surface area (Å²) in [5.41, 5.74) is 6.75. The zero-order valence-electron chi connectivity index (χ0n) is 9.17. The number of nitrogens with zero attached hydrogens (tertiary/aromatic N) is 1. The number of nitrogen functional groups attached to an aromatic ring is 1. The molecule has 0 aliphatic carbocycles. The van der Waals surface area contributed by atoms with Crippen LogP contribution in [0.3, 0.4) is 0 Å². The van der Waals surface area contributed by atoms with E-state index in [1.165, 1.54) is 4.90 Å². The average Bonchev–Trinajstić information content (AvgIpc) is 2.18. The van der Waals surface area contributed by atoms with Crippen LogP contribution < -0.4 is 5.73 Å². The van der Waals surface area contributed by atoms with Crippen LogP contribution in [0.5, 0.6) is 0 Å². The maximum Gasteiger partial charge on any atom is 0.226 e. The molecule has 0 unspecified atom stereocenters. The molecule has 1 aromatic rings. The molecule has 2 N–H and O–H groups in total. The predicted molar refractivity (Wildman–Crippen MR) is 57.9 cm³/mol. The van der Waals surface area contributed by atoms with Gasteiger partial charge in [0, 0.05) is 25.3 Å². The first-order valence-corrected chi connectivity index (χ1v) is 4.67. The van der Waals surface area contributed by atoms with Crippen molar-refractivity contribution in [3.63, 3.8) is 0 Å². The van der Waals surface area contributed by atoms with Gasteiger partial charge in [-0.05, 0) is 18.6 Å². The van der Waals surface area contributed by atoms with E-state index in [-0.39, 0.29) is 18.1 Å². The number of nitrogens with two attached hydrogens (primary N) is 1. The monoisotopic (exact) mass is 210 g/mol. The summed E-state index contributed by atoms with van der Waals surface area (Å²) in [6.45, 7) is 1.61. The molecule has 0 bridgehead atoms. The van der Waals surface area contributed by atoms with Crippen LogP contribution in [-0.4, -0.2) is 24.9 Å². The Labute approximate surface area is 88.7 Å². The van der Waals surface area contributed by atoms with Crippen molar-refractivity contribution in [2.45, 2.75) is 13.3 Å². The molecule has 0 heterocycles. The molecule has 0 atom stereocenters. The second-order valence-electron chi connectivity index (χ2n) is 3.72. The summed E-state index contributed by atoms with van der Waals surface area (Å²) in [5.74, 6) is -0.511. The Balaban J connectivity index is 2.97. The topological polar surface area (TPSA) is 46.3 Å². The van der Waals surface area contributed by atoms with E-state index < -0.39 is 0 Å². The Morgan fingerprint density at radius 3 is 2.60 bits per heavy atom.